The van der Waals surface area contributed by atoms with Gasteiger partial charge >= 0.3 is 5.97 Å². The molecular weight excluding hydrogens is 200 g/mol. The monoisotopic (exact) mass is 204 g/mol. The summed E-state index contributed by atoms with van der Waals surface area (Å²) in [7, 11) is 0. The van der Waals surface area contributed by atoms with Crippen LogP contribution in [0.25, 0.3) is 0 Å². The lowest BCUT2D eigenvalue weighted by molar-refractivity contribution is 0.0690. The molecule has 0 aromatic carbocycles. The molecule has 0 saturated heterocycles. The number of halogens is 1. The molecule has 1 aromatic heterocycles. The quantitative estimate of drug-likeness (QED) is 0.685. The van der Waals surface area contributed by atoms with Crippen molar-refractivity contribution in [2.75, 3.05) is 0 Å². The summed E-state index contributed by atoms with van der Waals surface area (Å²) in [6.45, 7) is 0. The van der Waals surface area contributed by atoms with Crippen LogP contribution in [-0.4, -0.2) is 22.1 Å². The third-order valence-electron chi connectivity index (χ3n) is 1.33. The van der Waals surface area contributed by atoms with E-state index in [1.807, 2.05) is 0 Å². The number of carboxylic acid groups (broad SMARTS) is 1. The predicted molar refractivity (Wildman–Crippen MR) is 41.5 cm³/mol. The van der Waals surface area contributed by atoms with Crippen molar-refractivity contribution in [2.24, 2.45) is 5.73 Å². The van der Waals surface area contributed by atoms with Gasteiger partial charge in [0.2, 0.25) is 0 Å². The van der Waals surface area contributed by atoms with Crippen LogP contribution in [0.5, 0.6) is 0 Å². The van der Waals surface area contributed by atoms with Gasteiger partial charge in [-0.1, -0.05) is 5.16 Å². The van der Waals surface area contributed by atoms with Crippen LogP contribution in [0.4, 0.5) is 0 Å². The maximum atomic E-state index is 10.6. The third kappa shape index (κ3) is 1.62. The normalized spacial score (nSPS) is 9.92. The number of carboxylic acids is 1. The molecule has 0 bridgehead atoms. The molecule has 0 spiro atoms. The molecule has 1 rings (SSSR count). The number of hydrogen-bond acceptors (Lipinski definition) is 4. The van der Waals surface area contributed by atoms with Gasteiger partial charge in [-0.2, -0.15) is 0 Å². The largest absolute Gasteiger partial charge is 0.477 e. The number of hydrogen-bond donors (Lipinski definition) is 2. The van der Waals surface area contributed by atoms with E-state index in [1.54, 1.807) is 0 Å². The third-order valence-corrected chi connectivity index (χ3v) is 1.57. The van der Waals surface area contributed by atoms with Gasteiger partial charge in [0.1, 0.15) is 5.56 Å². The summed E-state index contributed by atoms with van der Waals surface area (Å²) in [6, 6.07) is 0. The van der Waals surface area contributed by atoms with E-state index in [9.17, 15) is 9.59 Å². The van der Waals surface area contributed by atoms with Crippen molar-refractivity contribution in [3.05, 3.63) is 17.0 Å². The molecule has 0 aliphatic rings. The maximum absolute atomic E-state index is 10.6. The van der Waals surface area contributed by atoms with Crippen LogP contribution in [0.2, 0.25) is 0 Å². The van der Waals surface area contributed by atoms with Gasteiger partial charge in [-0.05, 0) is 0 Å². The Kier molecular flexibility index (Phi) is 2.52. The van der Waals surface area contributed by atoms with Crippen LogP contribution in [0.3, 0.4) is 0 Å². The molecule has 0 atom stereocenters. The lowest BCUT2D eigenvalue weighted by Crippen LogP contribution is -2.16. The van der Waals surface area contributed by atoms with Crippen molar-refractivity contribution < 1.29 is 19.2 Å². The van der Waals surface area contributed by atoms with Gasteiger partial charge in [-0.15, -0.1) is 11.6 Å². The second-order valence-electron chi connectivity index (χ2n) is 2.13. The number of carbonyl (C=O) groups is 2. The molecule has 1 aromatic rings. The number of nitrogens with zero attached hydrogens (tertiary/aromatic N) is 1. The van der Waals surface area contributed by atoms with Gasteiger partial charge in [-0.25, -0.2) is 4.79 Å². The SMILES string of the molecule is NC(=O)c1noc(CCl)c1C(=O)O. The Morgan fingerprint density at radius 2 is 2.23 bits per heavy atom. The molecule has 70 valence electrons. The van der Waals surface area contributed by atoms with Gasteiger partial charge in [0.25, 0.3) is 5.91 Å². The van der Waals surface area contributed by atoms with E-state index < -0.39 is 17.6 Å². The highest BCUT2D eigenvalue weighted by Crippen LogP contribution is 2.15. The van der Waals surface area contributed by atoms with E-state index in [-0.39, 0.29) is 17.2 Å². The Hall–Kier alpha value is -1.56. The van der Waals surface area contributed by atoms with Gasteiger partial charge in [-0.3, -0.25) is 4.79 Å². The summed E-state index contributed by atoms with van der Waals surface area (Å²) in [5, 5.41) is 11.8. The fourth-order valence-corrected chi connectivity index (χ4v) is 0.986. The summed E-state index contributed by atoms with van der Waals surface area (Å²) >= 11 is 5.34. The average molecular weight is 205 g/mol. The van der Waals surface area contributed by atoms with Crippen molar-refractivity contribution in [3.8, 4) is 0 Å². The molecule has 3 N–H and O–H groups in total. The van der Waals surface area contributed by atoms with Crippen LogP contribution in [-0.2, 0) is 5.88 Å². The lowest BCUT2D eigenvalue weighted by atomic mass is 10.2. The summed E-state index contributed by atoms with van der Waals surface area (Å²) in [4.78, 5) is 21.2. The first-order valence-corrected chi connectivity index (χ1v) is 3.69. The Bertz CT molecular complexity index is 360. The van der Waals surface area contributed by atoms with E-state index in [0.717, 1.165) is 0 Å². The summed E-state index contributed by atoms with van der Waals surface area (Å²) in [5.74, 6) is -2.56. The van der Waals surface area contributed by atoms with E-state index in [4.69, 9.17) is 22.4 Å². The first-order valence-electron chi connectivity index (χ1n) is 3.15. The molecule has 1 heterocycles. The number of aromatic carboxylic acids is 1. The number of rotatable bonds is 3. The van der Waals surface area contributed by atoms with Crippen molar-refractivity contribution in [1.82, 2.24) is 5.16 Å². The molecule has 0 aliphatic carbocycles. The highest BCUT2D eigenvalue weighted by atomic mass is 35.5. The number of alkyl halides is 1. The van der Waals surface area contributed by atoms with Crippen LogP contribution in [0.1, 0.15) is 26.6 Å². The molecule has 0 fully saturated rings. The fourth-order valence-electron chi connectivity index (χ4n) is 0.804. The Labute approximate surface area is 77.3 Å². The molecule has 6 nitrogen and oxygen atoms in total. The van der Waals surface area contributed by atoms with E-state index in [2.05, 4.69) is 9.68 Å². The van der Waals surface area contributed by atoms with Crippen LogP contribution >= 0.6 is 11.6 Å². The minimum Gasteiger partial charge on any atom is -0.477 e. The zero-order valence-electron chi connectivity index (χ0n) is 6.28. The molecule has 0 aliphatic heterocycles. The van der Waals surface area contributed by atoms with Gasteiger partial charge < -0.3 is 15.4 Å². The molecule has 1 amide bonds. The zero-order chi connectivity index (χ0) is 10.0. The first kappa shape index (κ1) is 9.53. The van der Waals surface area contributed by atoms with Crippen molar-refractivity contribution in [3.63, 3.8) is 0 Å². The number of aromatic nitrogens is 1. The van der Waals surface area contributed by atoms with Crippen LogP contribution in [0, 0.1) is 0 Å². The van der Waals surface area contributed by atoms with Gasteiger partial charge in [0.15, 0.2) is 11.5 Å². The van der Waals surface area contributed by atoms with Crippen molar-refractivity contribution in [1.29, 1.82) is 0 Å². The van der Waals surface area contributed by atoms with Crippen molar-refractivity contribution >= 4 is 23.5 Å². The van der Waals surface area contributed by atoms with Crippen LogP contribution < -0.4 is 5.73 Å². The van der Waals surface area contributed by atoms with E-state index in [1.165, 1.54) is 0 Å². The summed E-state index contributed by atoms with van der Waals surface area (Å²) in [5.41, 5.74) is 4.07. The highest BCUT2D eigenvalue weighted by Gasteiger charge is 2.24. The first-order chi connectivity index (χ1) is 6.07. The lowest BCUT2D eigenvalue weighted by Gasteiger charge is -1.91. The smallest absolute Gasteiger partial charge is 0.341 e. The molecule has 0 saturated carbocycles. The molecule has 0 unspecified atom stereocenters. The number of nitrogens with two attached hydrogens (primary N) is 1. The average Bonchev–Trinajstić information content (AvgIpc) is 2.46. The van der Waals surface area contributed by atoms with E-state index in [0.29, 0.717) is 0 Å². The fraction of sp³-hybridized carbons (Fsp3) is 0.167. The summed E-state index contributed by atoms with van der Waals surface area (Å²) < 4.78 is 4.50. The maximum Gasteiger partial charge on any atom is 0.341 e. The Morgan fingerprint density at radius 3 is 2.62 bits per heavy atom. The topological polar surface area (TPSA) is 106 Å². The van der Waals surface area contributed by atoms with Crippen LogP contribution in [0.15, 0.2) is 4.52 Å². The Balaban J connectivity index is 3.30. The second kappa shape index (κ2) is 3.44. The van der Waals surface area contributed by atoms with Gasteiger partial charge in [0, 0.05) is 0 Å². The van der Waals surface area contributed by atoms with E-state index >= 15 is 0 Å². The van der Waals surface area contributed by atoms with Gasteiger partial charge in [0.05, 0.1) is 5.88 Å². The molecule has 0 radical (unpaired) electrons. The second-order valence-corrected chi connectivity index (χ2v) is 2.40. The minimum atomic E-state index is -1.34. The zero-order valence-corrected chi connectivity index (χ0v) is 7.04. The Morgan fingerprint density at radius 1 is 1.62 bits per heavy atom. The van der Waals surface area contributed by atoms with Crippen molar-refractivity contribution in [2.45, 2.75) is 5.88 Å². The molecule has 13 heavy (non-hydrogen) atoms. The summed E-state index contributed by atoms with van der Waals surface area (Å²) in [6.07, 6.45) is 0. The minimum absolute atomic E-state index is 0.0806. The predicted octanol–water partition coefficient (Wildman–Crippen LogP) is 0.210. The standard InChI is InChI=1S/C6H5ClN2O4/c7-1-2-3(6(11)12)4(5(8)10)9-13-2/h1H2,(H2,8,10)(H,11,12). The number of amides is 1. The number of carbonyl (C=O) groups excluding carboxylic acids is 1. The highest BCUT2D eigenvalue weighted by molar-refractivity contribution is 6.17. The number of primary amides is 1. The molecular formula is C6H5ClN2O4. The molecule has 7 heteroatoms.